The summed E-state index contributed by atoms with van der Waals surface area (Å²) in [6.45, 7) is 3.15. The van der Waals surface area contributed by atoms with Crippen molar-refractivity contribution in [1.82, 2.24) is 14.7 Å². The van der Waals surface area contributed by atoms with Crippen LogP contribution in [0, 0.1) is 5.92 Å². The molecule has 2 unspecified atom stereocenters. The summed E-state index contributed by atoms with van der Waals surface area (Å²) in [6.07, 6.45) is 5.43. The molecule has 0 radical (unpaired) electrons. The van der Waals surface area contributed by atoms with E-state index in [4.69, 9.17) is 0 Å². The number of aliphatic hydroxyl groups is 1. The van der Waals surface area contributed by atoms with E-state index < -0.39 is 6.10 Å². The molecule has 0 saturated carbocycles. The predicted molar refractivity (Wildman–Crippen MR) is 68.6 cm³/mol. The minimum absolute atomic E-state index is 0.0536. The second-order valence-corrected chi connectivity index (χ2v) is 4.83. The van der Waals surface area contributed by atoms with Crippen molar-refractivity contribution < 1.29 is 9.90 Å². The van der Waals surface area contributed by atoms with Crippen molar-refractivity contribution in [2.75, 3.05) is 13.1 Å². The second-order valence-electron chi connectivity index (χ2n) is 4.83. The van der Waals surface area contributed by atoms with E-state index in [2.05, 4.69) is 5.10 Å². The van der Waals surface area contributed by atoms with E-state index in [0.29, 0.717) is 13.1 Å². The first-order valence-corrected chi connectivity index (χ1v) is 6.21. The van der Waals surface area contributed by atoms with Crippen LogP contribution in [0.15, 0.2) is 18.3 Å². The van der Waals surface area contributed by atoms with E-state index >= 15 is 0 Å². The highest BCUT2D eigenvalue weighted by molar-refractivity contribution is 5.91. The quantitative estimate of drug-likeness (QED) is 0.783. The Morgan fingerprint density at radius 1 is 1.61 bits per heavy atom. The van der Waals surface area contributed by atoms with Crippen LogP contribution in [-0.4, -0.2) is 44.9 Å². The van der Waals surface area contributed by atoms with Gasteiger partial charge in [-0.3, -0.25) is 9.48 Å². The van der Waals surface area contributed by atoms with Gasteiger partial charge in [-0.25, -0.2) is 0 Å². The van der Waals surface area contributed by atoms with Crippen molar-refractivity contribution in [2.45, 2.75) is 19.4 Å². The zero-order chi connectivity index (χ0) is 13.1. The van der Waals surface area contributed by atoms with E-state index in [0.717, 1.165) is 12.1 Å². The summed E-state index contributed by atoms with van der Waals surface area (Å²) >= 11 is 0. The van der Waals surface area contributed by atoms with Gasteiger partial charge in [-0.2, -0.15) is 5.10 Å². The Kier molecular flexibility index (Phi) is 3.81. The fraction of sp³-hybridized carbons (Fsp3) is 0.538. The lowest BCUT2D eigenvalue weighted by molar-refractivity contribution is -0.130. The normalized spacial score (nSPS) is 24.7. The lowest BCUT2D eigenvalue weighted by Crippen LogP contribution is -2.45. The molecule has 0 aromatic carbocycles. The number of nitrogens with zero attached hydrogens (tertiary/aromatic N) is 3. The van der Waals surface area contributed by atoms with Crippen LogP contribution in [0.25, 0.3) is 6.08 Å². The van der Waals surface area contributed by atoms with Crippen molar-refractivity contribution in [1.29, 1.82) is 0 Å². The lowest BCUT2D eigenvalue weighted by atomic mass is 9.96. The summed E-state index contributed by atoms with van der Waals surface area (Å²) in [4.78, 5) is 13.6. The lowest BCUT2D eigenvalue weighted by Gasteiger charge is -2.33. The van der Waals surface area contributed by atoms with Crippen molar-refractivity contribution in [3.63, 3.8) is 0 Å². The van der Waals surface area contributed by atoms with Gasteiger partial charge in [0.15, 0.2) is 0 Å². The van der Waals surface area contributed by atoms with E-state index in [1.165, 1.54) is 0 Å². The highest BCUT2D eigenvalue weighted by atomic mass is 16.3. The van der Waals surface area contributed by atoms with Crippen LogP contribution in [0.2, 0.25) is 0 Å². The van der Waals surface area contributed by atoms with E-state index in [-0.39, 0.29) is 11.8 Å². The molecule has 1 aliphatic heterocycles. The van der Waals surface area contributed by atoms with Crippen molar-refractivity contribution in [2.24, 2.45) is 13.0 Å². The summed E-state index contributed by atoms with van der Waals surface area (Å²) in [6, 6.07) is 1.84. The number of hydrogen-bond acceptors (Lipinski definition) is 3. The Morgan fingerprint density at radius 2 is 2.39 bits per heavy atom. The fourth-order valence-electron chi connectivity index (χ4n) is 2.06. The summed E-state index contributed by atoms with van der Waals surface area (Å²) in [5, 5.41) is 13.8. The summed E-state index contributed by atoms with van der Waals surface area (Å²) in [7, 11) is 1.83. The van der Waals surface area contributed by atoms with Gasteiger partial charge in [0.1, 0.15) is 0 Å². The molecule has 0 bridgehead atoms. The van der Waals surface area contributed by atoms with Gasteiger partial charge in [0, 0.05) is 32.4 Å². The summed E-state index contributed by atoms with van der Waals surface area (Å²) < 4.78 is 1.71. The van der Waals surface area contributed by atoms with Crippen molar-refractivity contribution >= 4 is 12.0 Å². The molecule has 1 aromatic rings. The first kappa shape index (κ1) is 12.8. The van der Waals surface area contributed by atoms with Gasteiger partial charge in [-0.1, -0.05) is 6.92 Å². The van der Waals surface area contributed by atoms with Gasteiger partial charge in [0.2, 0.25) is 5.91 Å². The molecule has 1 fully saturated rings. The Balaban J connectivity index is 1.96. The van der Waals surface area contributed by atoms with Crippen molar-refractivity contribution in [3.8, 4) is 0 Å². The number of carbonyl (C=O) groups excluding carboxylic acids is 1. The highest BCUT2D eigenvalue weighted by Crippen LogP contribution is 2.17. The number of aromatic nitrogens is 2. The molecule has 2 rings (SSSR count). The van der Waals surface area contributed by atoms with Crippen LogP contribution in [0.1, 0.15) is 19.0 Å². The number of rotatable bonds is 2. The third-order valence-corrected chi connectivity index (χ3v) is 3.49. The topological polar surface area (TPSA) is 58.4 Å². The molecule has 1 aromatic heterocycles. The van der Waals surface area contributed by atoms with E-state index in [1.54, 1.807) is 27.9 Å². The first-order valence-electron chi connectivity index (χ1n) is 6.21. The smallest absolute Gasteiger partial charge is 0.246 e. The van der Waals surface area contributed by atoms with Crippen LogP contribution in [-0.2, 0) is 11.8 Å². The maximum absolute atomic E-state index is 12.0. The number of hydrogen-bond donors (Lipinski definition) is 1. The van der Waals surface area contributed by atoms with Gasteiger partial charge >= 0.3 is 0 Å². The van der Waals surface area contributed by atoms with Gasteiger partial charge in [-0.05, 0) is 24.5 Å². The van der Waals surface area contributed by atoms with Crippen LogP contribution >= 0.6 is 0 Å². The Morgan fingerprint density at radius 3 is 3.00 bits per heavy atom. The number of β-amino-alcohol motifs (C(OH)–C–C–N with tert-alkyl or cyclic N) is 1. The monoisotopic (exact) mass is 249 g/mol. The molecule has 5 nitrogen and oxygen atoms in total. The number of carbonyl (C=O) groups is 1. The van der Waals surface area contributed by atoms with Gasteiger partial charge in [0.05, 0.1) is 11.8 Å². The number of aliphatic hydroxyl groups excluding tert-OH is 1. The Bertz CT molecular complexity index is 453. The largest absolute Gasteiger partial charge is 0.391 e. The average Bonchev–Trinajstić information content (AvgIpc) is 2.75. The third-order valence-electron chi connectivity index (χ3n) is 3.49. The maximum atomic E-state index is 12.0. The standard InChI is InChI=1S/C13H19N3O2/c1-10-6-8-16(9-12(10)17)13(18)4-3-11-5-7-14-15(11)2/h3-5,7,10,12,17H,6,8-9H2,1-2H3/b4-3+. The third kappa shape index (κ3) is 2.79. The zero-order valence-electron chi connectivity index (χ0n) is 10.8. The first-order chi connectivity index (χ1) is 8.58. The van der Waals surface area contributed by atoms with Crippen LogP contribution in [0.4, 0.5) is 0 Å². The molecule has 0 aliphatic carbocycles. The minimum atomic E-state index is -0.409. The van der Waals surface area contributed by atoms with Crippen LogP contribution < -0.4 is 0 Å². The molecular formula is C13H19N3O2. The van der Waals surface area contributed by atoms with E-state index in [9.17, 15) is 9.90 Å². The SMILES string of the molecule is CC1CCN(C(=O)/C=C/c2ccnn2C)CC1O. The number of aryl methyl sites for hydroxylation is 1. The number of likely N-dealkylation sites (tertiary alicyclic amines) is 1. The number of piperidine rings is 1. The second kappa shape index (κ2) is 5.35. The molecule has 18 heavy (non-hydrogen) atoms. The molecule has 1 aliphatic rings. The molecular weight excluding hydrogens is 230 g/mol. The van der Waals surface area contributed by atoms with Crippen LogP contribution in [0.3, 0.4) is 0 Å². The van der Waals surface area contributed by atoms with Crippen molar-refractivity contribution in [3.05, 3.63) is 24.0 Å². The maximum Gasteiger partial charge on any atom is 0.246 e. The average molecular weight is 249 g/mol. The molecule has 1 N–H and O–H groups in total. The van der Waals surface area contributed by atoms with Gasteiger partial charge in [0.25, 0.3) is 0 Å². The molecule has 2 atom stereocenters. The number of amides is 1. The molecule has 0 spiro atoms. The highest BCUT2D eigenvalue weighted by Gasteiger charge is 2.26. The minimum Gasteiger partial charge on any atom is -0.391 e. The van der Waals surface area contributed by atoms with E-state index in [1.807, 2.05) is 20.0 Å². The zero-order valence-corrected chi connectivity index (χ0v) is 10.8. The van der Waals surface area contributed by atoms with Gasteiger partial charge in [-0.15, -0.1) is 0 Å². The Hall–Kier alpha value is -1.62. The molecule has 5 heteroatoms. The van der Waals surface area contributed by atoms with Gasteiger partial charge < -0.3 is 10.0 Å². The molecule has 1 saturated heterocycles. The molecule has 1 amide bonds. The van der Waals surface area contributed by atoms with Crippen LogP contribution in [0.5, 0.6) is 0 Å². The molecule has 2 heterocycles. The summed E-state index contributed by atoms with van der Waals surface area (Å²) in [5.74, 6) is 0.220. The Labute approximate surface area is 107 Å². The fourth-order valence-corrected chi connectivity index (χ4v) is 2.06. The summed E-state index contributed by atoms with van der Waals surface area (Å²) in [5.41, 5.74) is 0.884. The molecule has 98 valence electrons. The predicted octanol–water partition coefficient (Wildman–Crippen LogP) is 0.663.